The number of carbonyl (C=O) groups excluding carboxylic acids is 15. The molecule has 1 aliphatic rings. The lowest BCUT2D eigenvalue weighted by Crippen LogP contribution is -2.61. The Morgan fingerprint density at radius 1 is 0.448 bits per heavy atom. The van der Waals surface area contributed by atoms with Crippen molar-refractivity contribution in [1.82, 2.24) is 63.4 Å². The zero-order valence-electron chi connectivity index (χ0n) is 59.9. The molecule has 15 amide bonds. The maximum Gasteiger partial charge on any atom is 0.326 e. The van der Waals surface area contributed by atoms with Crippen LogP contribution in [0.2, 0.25) is 0 Å². The zero-order chi connectivity index (χ0) is 78.8. The average molecular weight is 1480 g/mol. The van der Waals surface area contributed by atoms with Crippen LogP contribution in [0.1, 0.15) is 136 Å². The number of phenolic OH excluding ortho intramolecular Hbond substituents is 1. The van der Waals surface area contributed by atoms with E-state index in [0.29, 0.717) is 24.0 Å². The molecule has 1 fully saturated rings. The van der Waals surface area contributed by atoms with Gasteiger partial charge in [-0.3, -0.25) is 71.9 Å². The number of carboxylic acid groups (broad SMARTS) is 1. The van der Waals surface area contributed by atoms with E-state index in [2.05, 4.69) is 58.5 Å². The van der Waals surface area contributed by atoms with Gasteiger partial charge in [-0.1, -0.05) is 70.2 Å². The van der Waals surface area contributed by atoms with Crippen molar-refractivity contribution >= 4 is 94.6 Å². The van der Waals surface area contributed by atoms with Gasteiger partial charge in [-0.2, -0.15) is 0 Å². The van der Waals surface area contributed by atoms with Crippen LogP contribution in [0.15, 0.2) is 54.6 Å². The Balaban J connectivity index is 1.86. The number of unbranched alkanes of at least 4 members (excludes halogenated alkanes) is 1. The maximum absolute atomic E-state index is 14.6. The molecule has 0 radical (unpaired) electrons. The third-order valence-corrected chi connectivity index (χ3v) is 16.8. The standard InChI is InChI=1S/C68H105N17O20/c1-35(2)29-46(79-62(98)47(31-39-13-8-7-9-14-39)81-64(100)51(34-87)84-63(99)48(32-40-17-19-41(88)20-18-40)80-60(96)43(15-10-11-27-69)76-57(93)42(70)21-24-53(71)89)61(97)77-44(22-25-54(72)90)59(95)75-38(6)67(103)85-28-12-16-52(85)66(102)78-45(23-26-55(73)91)58(94)74-37(5)56(92)83-50(33-86)65(101)82-49(68(104)105)30-36(3)4/h7-9,13-14,17-20,35-38,42-52,86-88H,10-12,15-16,21-34,69-70H2,1-6H3,(H2,71,89)(H2,72,90)(H2,73,91)(H,74,94)(H,75,95)(H,76,93)(H,77,97)(H,78,102)(H,79,98)(H,80,96)(H,81,100)(H,82,101)(H,83,92)(H,84,99)(H,104,105)/t37-,38-,42-,43-,44-,45-,46-,47-,48-,49-,50-,51-,52-/m0/s1. The summed E-state index contributed by atoms with van der Waals surface area (Å²) in [5, 5.41) is 67.2. The van der Waals surface area contributed by atoms with Crippen molar-refractivity contribution in [2.45, 2.75) is 216 Å². The van der Waals surface area contributed by atoms with Crippen LogP contribution in [-0.2, 0) is 89.6 Å². The molecule has 0 unspecified atom stereocenters. The quantitative estimate of drug-likeness (QED) is 0.0274. The summed E-state index contributed by atoms with van der Waals surface area (Å²) >= 11 is 0. The Hall–Kier alpha value is -10.4. The number of nitrogens with zero attached hydrogens (tertiary/aromatic N) is 1. The van der Waals surface area contributed by atoms with E-state index in [1.54, 1.807) is 58.0 Å². The van der Waals surface area contributed by atoms with Crippen LogP contribution in [0.25, 0.3) is 0 Å². The van der Waals surface area contributed by atoms with Gasteiger partial charge in [0.15, 0.2) is 0 Å². The fraction of sp³-hybridized carbons (Fsp3) is 0.588. The summed E-state index contributed by atoms with van der Waals surface area (Å²) in [4.78, 5) is 216. The van der Waals surface area contributed by atoms with Gasteiger partial charge in [-0.05, 0) is 120 Å². The van der Waals surface area contributed by atoms with Gasteiger partial charge in [0, 0.05) is 38.6 Å². The molecule has 0 spiro atoms. The van der Waals surface area contributed by atoms with Crippen LogP contribution in [0.3, 0.4) is 0 Å². The Labute approximate surface area is 607 Å². The molecule has 37 heteroatoms. The number of amides is 15. The topological polar surface area (TPSA) is 620 Å². The second-order valence-electron chi connectivity index (χ2n) is 26.6. The molecule has 2 aromatic carbocycles. The normalized spacial score (nSPS) is 16.0. The molecule has 1 saturated heterocycles. The first-order valence-electron chi connectivity index (χ1n) is 34.7. The molecule has 0 saturated carbocycles. The minimum absolute atomic E-state index is 0.0197. The smallest absolute Gasteiger partial charge is 0.326 e. The number of carboxylic acids is 1. The summed E-state index contributed by atoms with van der Waals surface area (Å²) in [7, 11) is 0. The number of aliphatic carboxylic acids is 1. The van der Waals surface area contributed by atoms with Gasteiger partial charge in [0.1, 0.15) is 78.3 Å². The van der Waals surface area contributed by atoms with E-state index < -0.39 is 212 Å². The van der Waals surface area contributed by atoms with Gasteiger partial charge >= 0.3 is 5.97 Å². The number of likely N-dealkylation sites (tertiary alicyclic amines) is 1. The predicted molar refractivity (Wildman–Crippen MR) is 376 cm³/mol. The monoisotopic (exact) mass is 1480 g/mol. The van der Waals surface area contributed by atoms with Gasteiger partial charge in [0.2, 0.25) is 88.6 Å². The molecule has 0 aromatic heterocycles. The van der Waals surface area contributed by atoms with E-state index in [0.717, 1.165) is 4.90 Å². The summed E-state index contributed by atoms with van der Waals surface area (Å²) in [5.41, 5.74) is 28.7. The number of nitrogens with two attached hydrogens (primary N) is 5. The van der Waals surface area contributed by atoms with Crippen LogP contribution in [0, 0.1) is 11.8 Å². The molecule has 25 N–H and O–H groups in total. The number of rotatable bonds is 47. The van der Waals surface area contributed by atoms with Crippen molar-refractivity contribution in [2.24, 2.45) is 40.5 Å². The molecular weight excluding hydrogens is 1370 g/mol. The Morgan fingerprint density at radius 2 is 0.838 bits per heavy atom. The number of aromatic hydroxyl groups is 1. The highest BCUT2D eigenvalue weighted by Gasteiger charge is 2.41. The first-order valence-corrected chi connectivity index (χ1v) is 34.7. The fourth-order valence-electron chi connectivity index (χ4n) is 11.0. The van der Waals surface area contributed by atoms with E-state index in [1.807, 2.05) is 0 Å². The predicted octanol–water partition coefficient (Wildman–Crippen LogP) is -6.04. The van der Waals surface area contributed by atoms with Crippen LogP contribution < -0.4 is 87.2 Å². The Kier molecular flexibility index (Phi) is 38.0. The van der Waals surface area contributed by atoms with Gasteiger partial charge in [-0.15, -0.1) is 0 Å². The molecule has 37 nitrogen and oxygen atoms in total. The highest BCUT2D eigenvalue weighted by atomic mass is 16.4. The molecule has 0 aliphatic carbocycles. The molecule has 1 aliphatic heterocycles. The molecular formula is C68H105N17O20. The number of hydrogen-bond acceptors (Lipinski definition) is 21. The number of hydrogen-bond donors (Lipinski definition) is 20. The molecule has 1 heterocycles. The molecule has 0 bridgehead atoms. The minimum atomic E-state index is -1.83. The lowest BCUT2D eigenvalue weighted by atomic mass is 10.00. The van der Waals surface area contributed by atoms with Crippen LogP contribution in [0.5, 0.6) is 5.75 Å². The third kappa shape index (κ3) is 31.6. The lowest BCUT2D eigenvalue weighted by Gasteiger charge is -2.30. The van der Waals surface area contributed by atoms with Crippen molar-refractivity contribution in [1.29, 1.82) is 0 Å². The van der Waals surface area contributed by atoms with Gasteiger partial charge in [-0.25, -0.2) is 4.79 Å². The highest BCUT2D eigenvalue weighted by molar-refractivity contribution is 6.00. The summed E-state index contributed by atoms with van der Waals surface area (Å²) in [5.74, 6) is -16.1. The van der Waals surface area contributed by atoms with Crippen molar-refractivity contribution in [2.75, 3.05) is 26.3 Å². The maximum atomic E-state index is 14.6. The lowest BCUT2D eigenvalue weighted by molar-refractivity contribution is -0.143. The molecule has 2 aromatic rings. The van der Waals surface area contributed by atoms with E-state index in [1.165, 1.54) is 38.1 Å². The van der Waals surface area contributed by atoms with Gasteiger partial charge in [0.25, 0.3) is 0 Å². The summed E-state index contributed by atoms with van der Waals surface area (Å²) in [6.07, 6.45) is -1.69. The Bertz CT molecular complexity index is 3330. The van der Waals surface area contributed by atoms with E-state index in [-0.39, 0.29) is 88.5 Å². The SMILES string of the molecule is CC(C)C[C@H](NC(=O)[C@H](CO)NC(=O)[C@H](C)NC(=O)[C@H](CCC(N)=O)NC(=O)[C@@H]1CCCN1C(=O)[C@H](C)NC(=O)[C@H](CCC(N)=O)NC(=O)[C@H](CC(C)C)NC(=O)[C@H](Cc1ccccc1)NC(=O)[C@H](CO)NC(=O)[C@H](Cc1ccc(O)cc1)NC(=O)[C@H](CCCCN)NC(=O)[C@@H](N)CCC(N)=O)C(=O)O. The minimum Gasteiger partial charge on any atom is -0.508 e. The first kappa shape index (κ1) is 88.8. The number of carbonyl (C=O) groups is 16. The van der Waals surface area contributed by atoms with Gasteiger partial charge < -0.3 is 112 Å². The second kappa shape index (κ2) is 45.0. The first-order chi connectivity index (χ1) is 49.5. The largest absolute Gasteiger partial charge is 0.508 e. The molecule has 582 valence electrons. The van der Waals surface area contributed by atoms with E-state index in [4.69, 9.17) is 28.7 Å². The number of nitrogens with one attached hydrogen (secondary N) is 11. The van der Waals surface area contributed by atoms with Gasteiger partial charge in [0.05, 0.1) is 19.3 Å². The zero-order valence-corrected chi connectivity index (χ0v) is 59.9. The number of primary amides is 3. The number of aliphatic hydroxyl groups excluding tert-OH is 2. The summed E-state index contributed by atoms with van der Waals surface area (Å²) < 4.78 is 0. The van der Waals surface area contributed by atoms with Crippen molar-refractivity contribution in [3.05, 3.63) is 65.7 Å². The molecule has 13 atom stereocenters. The summed E-state index contributed by atoms with van der Waals surface area (Å²) in [6.45, 7) is 7.46. The average Bonchev–Trinajstić information content (AvgIpc) is 1.75. The number of aliphatic hydroxyl groups is 2. The number of phenols is 1. The summed E-state index contributed by atoms with van der Waals surface area (Å²) in [6, 6.07) is -5.62. The fourth-order valence-corrected chi connectivity index (χ4v) is 11.0. The third-order valence-electron chi connectivity index (χ3n) is 16.8. The molecule has 105 heavy (non-hydrogen) atoms. The van der Waals surface area contributed by atoms with Crippen molar-refractivity contribution in [3.8, 4) is 5.75 Å². The van der Waals surface area contributed by atoms with Crippen LogP contribution in [-0.4, -0.2) is 225 Å². The van der Waals surface area contributed by atoms with E-state index in [9.17, 15) is 97.1 Å². The van der Waals surface area contributed by atoms with Crippen LogP contribution >= 0.6 is 0 Å². The second-order valence-corrected chi connectivity index (χ2v) is 26.6. The number of benzene rings is 2. The van der Waals surface area contributed by atoms with Crippen LogP contribution in [0.4, 0.5) is 0 Å². The van der Waals surface area contributed by atoms with E-state index >= 15 is 0 Å². The Morgan fingerprint density at radius 3 is 1.33 bits per heavy atom. The highest BCUT2D eigenvalue weighted by Crippen LogP contribution is 2.21. The van der Waals surface area contributed by atoms with Crippen molar-refractivity contribution in [3.63, 3.8) is 0 Å². The molecule has 3 rings (SSSR count). The van der Waals surface area contributed by atoms with Crippen molar-refractivity contribution < 1.29 is 97.1 Å².